The number of carboxylic acid groups (broad SMARTS) is 1. The number of carbonyl (C=O) groups excluding carboxylic acids is 2. The summed E-state index contributed by atoms with van der Waals surface area (Å²) in [5.74, 6) is -2.99. The fraction of sp³-hybridized carbons (Fsp3) is 0.895. The minimum absolute atomic E-state index is 0. The van der Waals surface area contributed by atoms with Crippen LogP contribution in [-0.2, 0) is 24.4 Å². The smallest absolute Gasteiger partial charge is 0.550 e. The maximum absolute atomic E-state index is 11.5. The Morgan fingerprint density at radius 3 is 1.70 bits per heavy atom. The van der Waals surface area contributed by atoms with Gasteiger partial charge in [-0.05, 0) is 13.3 Å². The van der Waals surface area contributed by atoms with Gasteiger partial charge in [0.15, 0.2) is 5.25 Å². The minimum Gasteiger partial charge on any atom is -0.550 e. The molecule has 0 aliphatic carbocycles. The van der Waals surface area contributed by atoms with Gasteiger partial charge in [-0.15, -0.1) is 0 Å². The van der Waals surface area contributed by atoms with Crippen LogP contribution in [0, 0.1) is 0 Å². The van der Waals surface area contributed by atoms with Crippen molar-refractivity contribution in [3.05, 3.63) is 0 Å². The molecule has 30 heavy (non-hydrogen) atoms. The molecule has 2 unspecified atom stereocenters. The van der Waals surface area contributed by atoms with Crippen LogP contribution in [0.25, 0.3) is 0 Å². The minimum atomic E-state index is -4.82. The zero-order valence-electron chi connectivity index (χ0n) is 18.5. The molecule has 0 aliphatic rings. The van der Waals surface area contributed by atoms with Crippen LogP contribution >= 0.6 is 0 Å². The maximum Gasteiger partial charge on any atom is 1.00 e. The molecule has 0 saturated carbocycles. The second-order valence-electron chi connectivity index (χ2n) is 6.96. The summed E-state index contributed by atoms with van der Waals surface area (Å²) in [4.78, 5) is 22.0. The van der Waals surface area contributed by atoms with Gasteiger partial charge in [0, 0.05) is 12.4 Å². The summed E-state index contributed by atoms with van der Waals surface area (Å²) < 4.78 is 35.5. The van der Waals surface area contributed by atoms with E-state index in [-0.39, 0.29) is 42.8 Å². The number of hydrogen-bond donors (Lipinski definition) is 3. The van der Waals surface area contributed by atoms with E-state index >= 15 is 0 Å². The summed E-state index contributed by atoms with van der Waals surface area (Å²) in [5.41, 5.74) is 0. The molecule has 9 nitrogen and oxygen atoms in total. The van der Waals surface area contributed by atoms with Crippen LogP contribution in [0.15, 0.2) is 0 Å². The Kier molecular flexibility index (Phi) is 25.2. The third kappa shape index (κ3) is 24.0. The molecule has 0 spiro atoms. The fourth-order valence-electron chi connectivity index (χ4n) is 2.32. The molecule has 0 aliphatic heterocycles. The molecule has 2 atom stereocenters. The van der Waals surface area contributed by atoms with Crippen molar-refractivity contribution in [2.24, 2.45) is 0 Å². The predicted octanol–water partition coefficient (Wildman–Crippen LogP) is -1.79. The molecule has 0 rings (SSSR count). The van der Waals surface area contributed by atoms with Crippen LogP contribution in [0.1, 0.15) is 84.5 Å². The van der Waals surface area contributed by atoms with Gasteiger partial charge in [-0.1, -0.05) is 64.7 Å². The Bertz CT molecular complexity index is 524. The van der Waals surface area contributed by atoms with E-state index in [2.05, 4.69) is 6.92 Å². The number of hydrogen-bond acceptors (Lipinski definition) is 8. The number of carboxylic acids is 1. The maximum atomic E-state index is 11.5. The van der Waals surface area contributed by atoms with Crippen molar-refractivity contribution in [1.29, 1.82) is 0 Å². The van der Waals surface area contributed by atoms with Crippen molar-refractivity contribution in [1.82, 2.24) is 0 Å². The van der Waals surface area contributed by atoms with Gasteiger partial charge in [0.25, 0.3) is 10.1 Å². The Hall–Kier alpha value is -0.230. The van der Waals surface area contributed by atoms with E-state index in [0.717, 1.165) is 19.3 Å². The van der Waals surface area contributed by atoms with E-state index in [4.69, 9.17) is 19.5 Å². The molecule has 0 aromatic rings. The fourth-order valence-corrected chi connectivity index (χ4v) is 2.97. The van der Waals surface area contributed by atoms with Crippen molar-refractivity contribution >= 4 is 22.1 Å². The monoisotopic (exact) mass is 464 g/mol. The first-order valence-electron chi connectivity index (χ1n) is 10.2. The Morgan fingerprint density at radius 1 is 0.967 bits per heavy atom. The van der Waals surface area contributed by atoms with E-state index in [1.807, 2.05) is 0 Å². The standard InChI is InChI=1S/C16H30O7S.C3H8O2.Na/c1-2-3-4-5-6-7-8-9-10-11-12-23-16(19)14(13-15(17)18)24(20,21)22;1-3(5)2-4;/h14H,2-13H2,1H3,(H,17,18)(H,20,21,22);3-5H,2H2,1H3;/q;;+1/p-1. The molecule has 174 valence electrons. The first-order valence-corrected chi connectivity index (χ1v) is 11.7. The molecule has 11 heteroatoms. The second kappa shape index (κ2) is 22.0. The Morgan fingerprint density at radius 2 is 1.37 bits per heavy atom. The van der Waals surface area contributed by atoms with E-state index in [0.29, 0.717) is 6.42 Å². The number of unbranched alkanes of at least 4 members (excludes halogenated alkanes) is 9. The molecule has 0 heterocycles. The first-order chi connectivity index (χ1) is 13.6. The predicted molar refractivity (Wildman–Crippen MR) is 107 cm³/mol. The van der Waals surface area contributed by atoms with Crippen LogP contribution < -0.4 is 34.7 Å². The van der Waals surface area contributed by atoms with Crippen molar-refractivity contribution in [3.63, 3.8) is 0 Å². The first kappa shape index (κ1) is 34.4. The number of carbonyl (C=O) groups is 2. The second-order valence-corrected chi connectivity index (χ2v) is 8.56. The number of rotatable bonds is 16. The average Bonchev–Trinajstić information content (AvgIpc) is 2.63. The largest absolute Gasteiger partial charge is 1.00 e. The van der Waals surface area contributed by atoms with Crippen molar-refractivity contribution < 1.29 is 72.2 Å². The quantitative estimate of drug-likeness (QED) is 0.104. The summed E-state index contributed by atoms with van der Waals surface area (Å²) in [5, 5.41) is 24.3. The topological polar surface area (TPSA) is 161 Å². The van der Waals surface area contributed by atoms with Gasteiger partial charge in [0.1, 0.15) is 0 Å². The van der Waals surface area contributed by atoms with Crippen LogP contribution in [-0.4, -0.2) is 59.7 Å². The van der Waals surface area contributed by atoms with Crippen molar-refractivity contribution in [2.75, 3.05) is 13.2 Å². The van der Waals surface area contributed by atoms with Crippen LogP contribution in [0.4, 0.5) is 0 Å². The van der Waals surface area contributed by atoms with Gasteiger partial charge in [-0.3, -0.25) is 9.35 Å². The molecule has 0 bridgehead atoms. The SMILES string of the molecule is CC(O)CO.CCCCCCCCCCCCOC(=O)C(CC(=O)[O-])S(=O)(=O)O.[Na+]. The van der Waals surface area contributed by atoms with Crippen LogP contribution in [0.5, 0.6) is 0 Å². The summed E-state index contributed by atoms with van der Waals surface area (Å²) in [7, 11) is -4.82. The number of esters is 1. The van der Waals surface area contributed by atoms with Crippen LogP contribution in [0.3, 0.4) is 0 Å². The zero-order chi connectivity index (χ0) is 22.7. The molecular formula is C19H37NaO9S. The molecule has 0 saturated heterocycles. The van der Waals surface area contributed by atoms with E-state index in [9.17, 15) is 23.1 Å². The number of aliphatic hydroxyl groups excluding tert-OH is 2. The summed E-state index contributed by atoms with van der Waals surface area (Å²) in [6.07, 6.45) is 9.34. The van der Waals surface area contributed by atoms with E-state index < -0.39 is 39.8 Å². The third-order valence-electron chi connectivity index (χ3n) is 3.98. The van der Waals surface area contributed by atoms with E-state index in [1.54, 1.807) is 0 Å². The van der Waals surface area contributed by atoms with Gasteiger partial charge >= 0.3 is 35.5 Å². The van der Waals surface area contributed by atoms with Gasteiger partial charge in [0.05, 0.1) is 19.3 Å². The number of ether oxygens (including phenoxy) is 1. The third-order valence-corrected chi connectivity index (χ3v) is 5.06. The average molecular weight is 465 g/mol. The van der Waals surface area contributed by atoms with Gasteiger partial charge in [-0.25, -0.2) is 0 Å². The van der Waals surface area contributed by atoms with Crippen LogP contribution in [0.2, 0.25) is 0 Å². The number of aliphatic carboxylic acids is 1. The molecule has 0 amide bonds. The van der Waals surface area contributed by atoms with Gasteiger partial charge in [0.2, 0.25) is 0 Å². The van der Waals surface area contributed by atoms with Gasteiger partial charge in [-0.2, -0.15) is 8.42 Å². The molecule has 0 aromatic heterocycles. The normalized spacial score (nSPS) is 12.7. The van der Waals surface area contributed by atoms with Gasteiger partial charge < -0.3 is 24.9 Å². The Balaban J connectivity index is -0.00000108. The molecule has 0 radical (unpaired) electrons. The molecule has 0 fully saturated rings. The molecule has 0 aromatic carbocycles. The molecule has 3 N–H and O–H groups in total. The summed E-state index contributed by atoms with van der Waals surface area (Å²) >= 11 is 0. The Labute approximate surface area is 202 Å². The number of aliphatic hydroxyl groups is 2. The van der Waals surface area contributed by atoms with E-state index in [1.165, 1.54) is 45.4 Å². The zero-order valence-corrected chi connectivity index (χ0v) is 21.4. The van der Waals surface area contributed by atoms with Crippen molar-refractivity contribution in [2.45, 2.75) is 95.8 Å². The van der Waals surface area contributed by atoms with Crippen molar-refractivity contribution in [3.8, 4) is 0 Å². The summed E-state index contributed by atoms with van der Waals surface area (Å²) in [6, 6.07) is 0. The summed E-state index contributed by atoms with van der Waals surface area (Å²) in [6.45, 7) is 3.58. The molecular weight excluding hydrogens is 427 g/mol.